The van der Waals surface area contributed by atoms with Crippen molar-refractivity contribution in [2.45, 2.75) is 13.0 Å². The molecule has 3 heterocycles. The number of rotatable bonds is 9. The molecule has 1 aliphatic heterocycles. The van der Waals surface area contributed by atoms with Crippen LogP contribution >= 0.6 is 11.6 Å². The molecule has 0 aromatic carbocycles. The Balaban J connectivity index is 1.62. The van der Waals surface area contributed by atoms with E-state index in [2.05, 4.69) is 20.3 Å². The Morgan fingerprint density at radius 3 is 3.03 bits per heavy atom. The largest absolute Gasteiger partial charge is 0.489 e. The molecule has 1 amide bonds. The fourth-order valence-corrected chi connectivity index (χ4v) is 2.92. The fraction of sp³-hybridized carbons (Fsp3) is 0.421. The van der Waals surface area contributed by atoms with Crippen molar-refractivity contribution in [1.29, 1.82) is 0 Å². The van der Waals surface area contributed by atoms with Gasteiger partial charge >= 0.3 is 5.97 Å². The van der Waals surface area contributed by atoms with E-state index in [4.69, 9.17) is 30.6 Å². The Kier molecular flexibility index (Phi) is 8.19. The second kappa shape index (κ2) is 11.3. The lowest BCUT2D eigenvalue weighted by Gasteiger charge is -2.32. The van der Waals surface area contributed by atoms with Crippen molar-refractivity contribution in [1.82, 2.24) is 20.1 Å². The summed E-state index contributed by atoms with van der Waals surface area (Å²) >= 11 is 5.90. The number of H-pyrrole nitrogens is 1. The first-order valence-corrected chi connectivity index (χ1v) is 9.94. The molecule has 1 fully saturated rings. The van der Waals surface area contributed by atoms with Gasteiger partial charge in [0.2, 0.25) is 6.61 Å². The summed E-state index contributed by atoms with van der Waals surface area (Å²) < 4.78 is 16.1. The lowest BCUT2D eigenvalue weighted by atomic mass is 10.2. The standard InChI is InChI=1S/C19H22ClN5O6/c1-2-28-17(26)12-31-24-18(16-3-4-22-23-16)19(27)25-5-6-29-15(10-25)11-30-14-7-13(20)8-21-9-14/h3-4,7-9,15H,2,5-6,10-12H2,1H3,(H,22,23). The zero-order chi connectivity index (χ0) is 22.1. The minimum absolute atomic E-state index is 0.0117. The molecule has 1 atom stereocenters. The molecule has 11 nitrogen and oxygen atoms in total. The van der Waals surface area contributed by atoms with Gasteiger partial charge in [-0.2, -0.15) is 5.10 Å². The second-order valence-corrected chi connectivity index (χ2v) is 6.82. The van der Waals surface area contributed by atoms with Gasteiger partial charge in [-0.3, -0.25) is 14.9 Å². The molecule has 0 bridgehead atoms. The maximum Gasteiger partial charge on any atom is 0.347 e. The molecule has 2 aromatic rings. The molecule has 3 rings (SSSR count). The topological polar surface area (TPSA) is 128 Å². The van der Waals surface area contributed by atoms with Crippen molar-refractivity contribution in [2.24, 2.45) is 5.16 Å². The molecule has 0 aliphatic carbocycles. The van der Waals surface area contributed by atoms with Gasteiger partial charge in [0.1, 0.15) is 18.5 Å². The highest BCUT2D eigenvalue weighted by molar-refractivity contribution is 6.44. The third-order valence-electron chi connectivity index (χ3n) is 4.14. The minimum atomic E-state index is -0.582. The van der Waals surface area contributed by atoms with Crippen LogP contribution in [0, 0.1) is 0 Å². The molecule has 0 spiro atoms. The maximum absolute atomic E-state index is 13.1. The van der Waals surface area contributed by atoms with Gasteiger partial charge in [0.25, 0.3) is 5.91 Å². The summed E-state index contributed by atoms with van der Waals surface area (Å²) in [4.78, 5) is 35.1. The van der Waals surface area contributed by atoms with Crippen LogP contribution in [0.2, 0.25) is 5.02 Å². The predicted octanol–water partition coefficient (Wildman–Crippen LogP) is 1.05. The summed E-state index contributed by atoms with van der Waals surface area (Å²) in [5.74, 6) is -0.473. The van der Waals surface area contributed by atoms with Gasteiger partial charge < -0.3 is 23.9 Å². The summed E-state index contributed by atoms with van der Waals surface area (Å²) in [5, 5.41) is 10.8. The number of nitrogens with zero attached hydrogens (tertiary/aromatic N) is 4. The lowest BCUT2D eigenvalue weighted by Crippen LogP contribution is -2.50. The number of halogens is 1. The number of aromatic nitrogens is 3. The Morgan fingerprint density at radius 2 is 2.29 bits per heavy atom. The number of carbonyl (C=O) groups excluding carboxylic acids is 2. The SMILES string of the molecule is CCOC(=O)CON=C(C(=O)N1CCOC(COc2cncc(Cl)c2)C1)c1ccn[nH]1. The number of amides is 1. The first-order chi connectivity index (χ1) is 15.1. The van der Waals surface area contributed by atoms with Gasteiger partial charge in [0.05, 0.1) is 36.7 Å². The zero-order valence-corrected chi connectivity index (χ0v) is 17.6. The predicted molar refractivity (Wildman–Crippen MR) is 109 cm³/mol. The summed E-state index contributed by atoms with van der Waals surface area (Å²) in [5.41, 5.74) is 0.348. The number of carbonyl (C=O) groups is 2. The summed E-state index contributed by atoms with van der Waals surface area (Å²) in [7, 11) is 0. The van der Waals surface area contributed by atoms with E-state index in [1.54, 1.807) is 30.2 Å². The molecule has 166 valence electrons. The maximum atomic E-state index is 13.1. The normalized spacial score (nSPS) is 16.6. The van der Waals surface area contributed by atoms with Gasteiger partial charge in [-0.15, -0.1) is 0 Å². The van der Waals surface area contributed by atoms with Crippen LogP contribution in [-0.2, 0) is 23.9 Å². The molecule has 2 aromatic heterocycles. The van der Waals surface area contributed by atoms with Gasteiger partial charge in [-0.1, -0.05) is 16.8 Å². The van der Waals surface area contributed by atoms with E-state index in [9.17, 15) is 9.59 Å². The average molecular weight is 452 g/mol. The van der Waals surface area contributed by atoms with Gasteiger partial charge in [0.15, 0.2) is 5.71 Å². The zero-order valence-electron chi connectivity index (χ0n) is 16.8. The highest BCUT2D eigenvalue weighted by atomic mass is 35.5. The first-order valence-electron chi connectivity index (χ1n) is 9.56. The quantitative estimate of drug-likeness (QED) is 0.340. The Hall–Kier alpha value is -3.18. The Labute approximate surface area is 183 Å². The molecular weight excluding hydrogens is 430 g/mol. The van der Waals surface area contributed by atoms with Crippen molar-refractivity contribution in [3.8, 4) is 5.75 Å². The highest BCUT2D eigenvalue weighted by Crippen LogP contribution is 2.16. The van der Waals surface area contributed by atoms with Crippen LogP contribution in [0.3, 0.4) is 0 Å². The van der Waals surface area contributed by atoms with E-state index in [0.29, 0.717) is 29.6 Å². The molecule has 1 aliphatic rings. The minimum Gasteiger partial charge on any atom is -0.489 e. The van der Waals surface area contributed by atoms with Crippen LogP contribution in [0.25, 0.3) is 0 Å². The van der Waals surface area contributed by atoms with E-state index >= 15 is 0 Å². The van der Waals surface area contributed by atoms with Crippen molar-refractivity contribution in [2.75, 3.05) is 39.5 Å². The van der Waals surface area contributed by atoms with Crippen LogP contribution in [0.15, 0.2) is 35.9 Å². The molecular formula is C19H22ClN5O6. The third kappa shape index (κ3) is 6.66. The van der Waals surface area contributed by atoms with Crippen LogP contribution in [0.1, 0.15) is 12.6 Å². The summed E-state index contributed by atoms with van der Waals surface area (Å²) in [6.07, 6.45) is 4.17. The van der Waals surface area contributed by atoms with Crippen LogP contribution in [0.5, 0.6) is 5.75 Å². The van der Waals surface area contributed by atoms with Crippen LogP contribution < -0.4 is 4.74 Å². The van der Waals surface area contributed by atoms with E-state index in [1.165, 1.54) is 12.4 Å². The van der Waals surface area contributed by atoms with Crippen molar-refractivity contribution >= 4 is 29.2 Å². The van der Waals surface area contributed by atoms with E-state index < -0.39 is 18.5 Å². The number of morpholine rings is 1. The number of hydrogen-bond acceptors (Lipinski definition) is 9. The highest BCUT2D eigenvalue weighted by Gasteiger charge is 2.29. The lowest BCUT2D eigenvalue weighted by molar-refractivity contribution is -0.148. The van der Waals surface area contributed by atoms with Crippen LogP contribution in [-0.4, -0.2) is 83.3 Å². The average Bonchev–Trinajstić information content (AvgIpc) is 3.30. The van der Waals surface area contributed by atoms with Crippen LogP contribution in [0.4, 0.5) is 0 Å². The number of pyridine rings is 1. The van der Waals surface area contributed by atoms with Gasteiger partial charge in [-0.05, 0) is 13.0 Å². The van der Waals surface area contributed by atoms with E-state index in [1.807, 2.05) is 0 Å². The Morgan fingerprint density at radius 1 is 1.42 bits per heavy atom. The molecule has 1 N–H and O–H groups in total. The van der Waals surface area contributed by atoms with E-state index in [0.717, 1.165) is 0 Å². The number of ether oxygens (including phenoxy) is 3. The third-order valence-corrected chi connectivity index (χ3v) is 4.35. The van der Waals surface area contributed by atoms with Crippen molar-refractivity contribution in [3.63, 3.8) is 0 Å². The number of nitrogens with one attached hydrogen (secondary N) is 1. The fourth-order valence-electron chi connectivity index (χ4n) is 2.76. The van der Waals surface area contributed by atoms with Gasteiger partial charge in [0, 0.05) is 25.0 Å². The molecule has 0 radical (unpaired) electrons. The van der Waals surface area contributed by atoms with Gasteiger partial charge in [-0.25, -0.2) is 4.79 Å². The molecule has 1 saturated heterocycles. The van der Waals surface area contributed by atoms with Crippen molar-refractivity contribution < 1.29 is 28.6 Å². The number of aromatic amines is 1. The molecule has 12 heteroatoms. The molecule has 0 saturated carbocycles. The number of esters is 1. The first kappa shape index (κ1) is 22.5. The molecule has 1 unspecified atom stereocenters. The second-order valence-electron chi connectivity index (χ2n) is 6.38. The summed E-state index contributed by atoms with van der Waals surface area (Å²) in [6, 6.07) is 3.22. The summed E-state index contributed by atoms with van der Waals surface area (Å²) in [6.45, 7) is 2.67. The number of hydrogen-bond donors (Lipinski definition) is 1. The van der Waals surface area contributed by atoms with Crippen molar-refractivity contribution in [3.05, 3.63) is 41.4 Å². The van der Waals surface area contributed by atoms with E-state index in [-0.39, 0.29) is 31.6 Å². The smallest absolute Gasteiger partial charge is 0.347 e. The number of oxime groups is 1. The monoisotopic (exact) mass is 451 g/mol. The molecule has 31 heavy (non-hydrogen) atoms. The Bertz CT molecular complexity index is 907.